The van der Waals surface area contributed by atoms with Crippen molar-refractivity contribution in [3.8, 4) is 22.7 Å². The summed E-state index contributed by atoms with van der Waals surface area (Å²) in [6, 6.07) is 9.75. The van der Waals surface area contributed by atoms with Crippen molar-refractivity contribution in [3.05, 3.63) is 70.5 Å². The summed E-state index contributed by atoms with van der Waals surface area (Å²) < 4.78 is 46.1. The van der Waals surface area contributed by atoms with Crippen LogP contribution in [0.25, 0.3) is 22.7 Å². The van der Waals surface area contributed by atoms with E-state index in [0.717, 1.165) is 17.2 Å². The van der Waals surface area contributed by atoms with Crippen LogP contribution in [0.4, 0.5) is 13.2 Å². The zero-order valence-electron chi connectivity index (χ0n) is 16.2. The second kappa shape index (κ2) is 8.86. The monoisotopic (exact) mass is 448 g/mol. The minimum Gasteiger partial charge on any atom is -0.415 e. The summed E-state index contributed by atoms with van der Waals surface area (Å²) in [7, 11) is 1.84. The number of hydrogen-bond acceptors (Lipinski definition) is 6. The van der Waals surface area contributed by atoms with Gasteiger partial charge < -0.3 is 9.73 Å². The fraction of sp³-hybridized carbons (Fsp3) is 0.200. The van der Waals surface area contributed by atoms with Crippen LogP contribution < -0.4 is 5.32 Å². The van der Waals surface area contributed by atoms with E-state index in [0.29, 0.717) is 22.8 Å². The van der Waals surface area contributed by atoms with Crippen LogP contribution in [0.2, 0.25) is 5.02 Å². The summed E-state index contributed by atoms with van der Waals surface area (Å²) in [4.78, 5) is 0. The highest BCUT2D eigenvalue weighted by Gasteiger charge is 2.18. The highest BCUT2D eigenvalue weighted by molar-refractivity contribution is 6.30. The van der Waals surface area contributed by atoms with Crippen molar-refractivity contribution in [1.29, 1.82) is 0 Å². The molecule has 0 unspecified atom stereocenters. The van der Waals surface area contributed by atoms with Crippen LogP contribution in [0.1, 0.15) is 23.4 Å². The molecule has 0 atom stereocenters. The SMILES string of the molecule is CNCc1cc(Cl)cc(-c2cn(Cc3ccc(-c4nnc(C(F)F)o4)cc3F)nn2)c1. The van der Waals surface area contributed by atoms with Gasteiger partial charge in [-0.15, -0.1) is 15.3 Å². The smallest absolute Gasteiger partial charge is 0.314 e. The Morgan fingerprint density at radius 2 is 1.94 bits per heavy atom. The molecule has 0 saturated carbocycles. The van der Waals surface area contributed by atoms with Gasteiger partial charge in [-0.05, 0) is 42.9 Å². The van der Waals surface area contributed by atoms with Gasteiger partial charge in [0.1, 0.15) is 11.5 Å². The van der Waals surface area contributed by atoms with Crippen LogP contribution in [0, 0.1) is 5.82 Å². The van der Waals surface area contributed by atoms with Crippen LogP contribution >= 0.6 is 11.6 Å². The van der Waals surface area contributed by atoms with E-state index in [1.165, 1.54) is 16.8 Å². The summed E-state index contributed by atoms with van der Waals surface area (Å²) in [5.41, 5.74) is 2.93. The fourth-order valence-electron chi connectivity index (χ4n) is 3.03. The molecule has 7 nitrogen and oxygen atoms in total. The van der Waals surface area contributed by atoms with Gasteiger partial charge in [0, 0.05) is 28.3 Å². The molecule has 0 bridgehead atoms. The lowest BCUT2D eigenvalue weighted by Crippen LogP contribution is -2.04. The molecule has 0 aliphatic heterocycles. The van der Waals surface area contributed by atoms with Gasteiger partial charge >= 0.3 is 6.43 Å². The van der Waals surface area contributed by atoms with Crippen molar-refractivity contribution in [3.63, 3.8) is 0 Å². The largest absolute Gasteiger partial charge is 0.415 e. The van der Waals surface area contributed by atoms with Gasteiger partial charge in [0.25, 0.3) is 5.89 Å². The molecular formula is C20H16ClF3N6O. The van der Waals surface area contributed by atoms with Crippen LogP contribution in [-0.2, 0) is 13.1 Å². The molecule has 0 spiro atoms. The quantitative estimate of drug-likeness (QED) is 0.448. The molecule has 2 aromatic carbocycles. The average molecular weight is 449 g/mol. The Balaban J connectivity index is 1.53. The molecule has 0 saturated heterocycles. The first-order valence-corrected chi connectivity index (χ1v) is 9.55. The number of aromatic nitrogens is 5. The number of rotatable bonds is 7. The highest BCUT2D eigenvalue weighted by atomic mass is 35.5. The van der Waals surface area contributed by atoms with Gasteiger partial charge in [0.2, 0.25) is 5.89 Å². The molecule has 2 heterocycles. The second-order valence-electron chi connectivity index (χ2n) is 6.73. The molecule has 0 radical (unpaired) electrons. The van der Waals surface area contributed by atoms with Gasteiger partial charge in [-0.2, -0.15) is 8.78 Å². The normalized spacial score (nSPS) is 11.4. The third kappa shape index (κ3) is 4.75. The minimum absolute atomic E-state index is 0.120. The van der Waals surface area contributed by atoms with E-state index >= 15 is 0 Å². The van der Waals surface area contributed by atoms with E-state index in [2.05, 4.69) is 25.8 Å². The number of alkyl halides is 2. The van der Waals surface area contributed by atoms with Crippen molar-refractivity contribution in [2.45, 2.75) is 19.5 Å². The lowest BCUT2D eigenvalue weighted by Gasteiger charge is -2.05. The lowest BCUT2D eigenvalue weighted by molar-refractivity contribution is 0.116. The molecule has 4 rings (SSSR count). The topological polar surface area (TPSA) is 81.7 Å². The van der Waals surface area contributed by atoms with Crippen molar-refractivity contribution in [1.82, 2.24) is 30.5 Å². The lowest BCUT2D eigenvalue weighted by atomic mass is 10.1. The summed E-state index contributed by atoms with van der Waals surface area (Å²) in [5, 5.41) is 18.6. The number of nitrogens with zero attached hydrogens (tertiary/aromatic N) is 5. The van der Waals surface area contributed by atoms with Crippen LogP contribution in [0.3, 0.4) is 0 Å². The van der Waals surface area contributed by atoms with Gasteiger partial charge in [-0.3, -0.25) is 0 Å². The van der Waals surface area contributed by atoms with Gasteiger partial charge in [-0.25, -0.2) is 9.07 Å². The fourth-order valence-corrected chi connectivity index (χ4v) is 3.29. The number of hydrogen-bond donors (Lipinski definition) is 1. The first kappa shape index (κ1) is 21.0. The molecule has 31 heavy (non-hydrogen) atoms. The number of halogens is 4. The Kier molecular flexibility index (Phi) is 6.01. The molecule has 0 amide bonds. The Hall–Kier alpha value is -3.24. The maximum atomic E-state index is 14.6. The predicted molar refractivity (Wildman–Crippen MR) is 107 cm³/mol. The third-order valence-electron chi connectivity index (χ3n) is 4.43. The van der Waals surface area contributed by atoms with Gasteiger partial charge in [-0.1, -0.05) is 22.9 Å². The summed E-state index contributed by atoms with van der Waals surface area (Å²) >= 11 is 6.19. The molecule has 0 fully saturated rings. The maximum Gasteiger partial charge on any atom is 0.314 e. The molecule has 2 aromatic heterocycles. The van der Waals surface area contributed by atoms with E-state index in [9.17, 15) is 13.2 Å². The van der Waals surface area contributed by atoms with E-state index in [4.69, 9.17) is 16.0 Å². The predicted octanol–water partition coefficient (Wildman–Crippen LogP) is 4.49. The third-order valence-corrected chi connectivity index (χ3v) is 4.65. The molecule has 4 aromatic rings. The summed E-state index contributed by atoms with van der Waals surface area (Å²) in [6.45, 7) is 0.771. The van der Waals surface area contributed by atoms with Crippen molar-refractivity contribution in [2.75, 3.05) is 7.05 Å². The standard InChI is InChI=1S/C20H16ClF3N6O/c1-25-8-11-4-14(6-15(21)5-11)17-10-30(29-26-17)9-13-3-2-12(7-16(13)22)19-27-28-20(31-19)18(23)24/h2-7,10,18,25H,8-9H2,1H3. The van der Waals surface area contributed by atoms with Gasteiger partial charge in [0.15, 0.2) is 0 Å². The highest BCUT2D eigenvalue weighted by Crippen LogP contribution is 2.26. The second-order valence-corrected chi connectivity index (χ2v) is 7.17. The van der Waals surface area contributed by atoms with Crippen molar-refractivity contribution >= 4 is 11.6 Å². The van der Waals surface area contributed by atoms with E-state index in [-0.39, 0.29) is 18.0 Å². The maximum absolute atomic E-state index is 14.6. The summed E-state index contributed by atoms with van der Waals surface area (Å²) in [6.07, 6.45) is -1.20. The van der Waals surface area contributed by atoms with E-state index < -0.39 is 18.1 Å². The minimum atomic E-state index is -2.89. The molecular weight excluding hydrogens is 433 g/mol. The Morgan fingerprint density at radius 1 is 1.10 bits per heavy atom. The van der Waals surface area contributed by atoms with Gasteiger partial charge in [0.05, 0.1) is 12.7 Å². The molecule has 11 heteroatoms. The van der Waals surface area contributed by atoms with Crippen molar-refractivity contribution in [2.24, 2.45) is 0 Å². The van der Waals surface area contributed by atoms with Crippen molar-refractivity contribution < 1.29 is 17.6 Å². The molecule has 160 valence electrons. The van der Waals surface area contributed by atoms with Crippen LogP contribution in [-0.4, -0.2) is 32.2 Å². The molecule has 0 aliphatic carbocycles. The van der Waals surface area contributed by atoms with Crippen LogP contribution in [0.15, 0.2) is 47.0 Å². The average Bonchev–Trinajstić information content (AvgIpc) is 3.39. The van der Waals surface area contributed by atoms with E-state index in [1.54, 1.807) is 12.3 Å². The Labute approximate surface area is 179 Å². The Bertz CT molecular complexity index is 1210. The zero-order chi connectivity index (χ0) is 22.0. The first-order chi connectivity index (χ1) is 14.9. The number of nitrogens with one attached hydrogen (secondary N) is 1. The Morgan fingerprint density at radius 3 is 2.65 bits per heavy atom. The van der Waals surface area contributed by atoms with Crippen LogP contribution in [0.5, 0.6) is 0 Å². The van der Waals surface area contributed by atoms with E-state index in [1.807, 2.05) is 19.2 Å². The number of benzene rings is 2. The molecule has 1 N–H and O–H groups in total. The first-order valence-electron chi connectivity index (χ1n) is 9.18. The summed E-state index contributed by atoms with van der Waals surface area (Å²) in [5.74, 6) is -1.55. The molecule has 0 aliphatic rings. The zero-order valence-corrected chi connectivity index (χ0v) is 16.9.